The van der Waals surface area contributed by atoms with Crippen LogP contribution in [0.4, 0.5) is 5.82 Å². The van der Waals surface area contributed by atoms with Crippen molar-refractivity contribution in [1.29, 1.82) is 0 Å². The summed E-state index contributed by atoms with van der Waals surface area (Å²) in [4.78, 5) is 11.1. The van der Waals surface area contributed by atoms with E-state index in [0.29, 0.717) is 17.9 Å². The average Bonchev–Trinajstić information content (AvgIpc) is 2.80. The van der Waals surface area contributed by atoms with Gasteiger partial charge in [0.15, 0.2) is 0 Å². The number of rotatable bonds is 1. The summed E-state index contributed by atoms with van der Waals surface area (Å²) in [5.74, 6) is 1.87. The summed E-state index contributed by atoms with van der Waals surface area (Å²) in [5, 5.41) is 4.30. The Kier molecular flexibility index (Phi) is 2.11. The van der Waals surface area contributed by atoms with Gasteiger partial charge < -0.3 is 4.90 Å². The van der Waals surface area contributed by atoms with Crippen LogP contribution in [0.25, 0.3) is 5.78 Å². The van der Waals surface area contributed by atoms with Crippen LogP contribution < -0.4 is 4.90 Å². The molecule has 1 aliphatic rings. The minimum Gasteiger partial charge on any atom is -0.351 e. The van der Waals surface area contributed by atoms with Gasteiger partial charge >= 0.3 is 0 Å². The van der Waals surface area contributed by atoms with Gasteiger partial charge in [0.1, 0.15) is 12.1 Å². The van der Waals surface area contributed by atoms with Crippen molar-refractivity contribution >= 4 is 11.6 Å². The molecule has 1 unspecified atom stereocenters. The average molecular weight is 231 g/mol. The molecule has 2 aromatic heterocycles. The Labute approximate surface area is 100 Å². The second-order valence-electron chi connectivity index (χ2n) is 5.03. The van der Waals surface area contributed by atoms with Crippen molar-refractivity contribution in [2.24, 2.45) is 0 Å². The number of nitrogens with zero attached hydrogens (tertiary/aromatic N) is 5. The molecule has 0 spiro atoms. The van der Waals surface area contributed by atoms with Gasteiger partial charge in [0.05, 0.1) is 0 Å². The summed E-state index contributed by atoms with van der Waals surface area (Å²) in [6.45, 7) is 8.74. The highest BCUT2D eigenvalue weighted by Crippen LogP contribution is 2.34. The van der Waals surface area contributed by atoms with Crippen LogP contribution in [0, 0.1) is 6.92 Å². The third kappa shape index (κ3) is 1.34. The standard InChI is InChI=1S/C12H17N5/c1-7(2)16-8(3)5-10-9(4)15-12-13-6-14-17(12)11(10)16/h6-8H,5H2,1-4H3. The van der Waals surface area contributed by atoms with Gasteiger partial charge in [-0.05, 0) is 34.1 Å². The van der Waals surface area contributed by atoms with Crippen molar-refractivity contribution in [2.75, 3.05) is 4.90 Å². The fourth-order valence-electron chi connectivity index (χ4n) is 2.83. The lowest BCUT2D eigenvalue weighted by Crippen LogP contribution is -2.36. The number of hydrogen-bond acceptors (Lipinski definition) is 4. The smallest absolute Gasteiger partial charge is 0.254 e. The summed E-state index contributed by atoms with van der Waals surface area (Å²) in [6, 6.07) is 0.959. The summed E-state index contributed by atoms with van der Waals surface area (Å²) < 4.78 is 1.87. The first-order valence-electron chi connectivity index (χ1n) is 6.07. The first-order chi connectivity index (χ1) is 8.09. The van der Waals surface area contributed by atoms with Gasteiger partial charge in [-0.15, -0.1) is 0 Å². The van der Waals surface area contributed by atoms with Gasteiger partial charge in [0, 0.05) is 23.3 Å². The van der Waals surface area contributed by atoms with Crippen LogP contribution in [0.1, 0.15) is 32.0 Å². The largest absolute Gasteiger partial charge is 0.351 e. The van der Waals surface area contributed by atoms with Gasteiger partial charge in [-0.2, -0.15) is 14.6 Å². The van der Waals surface area contributed by atoms with Crippen LogP contribution in [0.5, 0.6) is 0 Å². The topological polar surface area (TPSA) is 46.3 Å². The Balaban J connectivity index is 2.32. The van der Waals surface area contributed by atoms with E-state index in [2.05, 4.69) is 47.7 Å². The van der Waals surface area contributed by atoms with E-state index >= 15 is 0 Å². The Hall–Kier alpha value is -1.65. The molecule has 3 heterocycles. The molecule has 3 rings (SSSR count). The lowest BCUT2D eigenvalue weighted by molar-refractivity contribution is 0.595. The predicted octanol–water partition coefficient (Wildman–Crippen LogP) is 1.59. The lowest BCUT2D eigenvalue weighted by atomic mass is 10.1. The third-order valence-electron chi connectivity index (χ3n) is 3.48. The predicted molar refractivity (Wildman–Crippen MR) is 66.3 cm³/mol. The fourth-order valence-corrected chi connectivity index (χ4v) is 2.83. The maximum Gasteiger partial charge on any atom is 0.254 e. The van der Waals surface area contributed by atoms with E-state index < -0.39 is 0 Å². The van der Waals surface area contributed by atoms with Crippen LogP contribution in [0.2, 0.25) is 0 Å². The molecule has 0 saturated carbocycles. The minimum atomic E-state index is 0.459. The molecule has 17 heavy (non-hydrogen) atoms. The summed E-state index contributed by atoms with van der Waals surface area (Å²) in [5.41, 5.74) is 2.39. The monoisotopic (exact) mass is 231 g/mol. The van der Waals surface area contributed by atoms with Crippen molar-refractivity contribution in [3.05, 3.63) is 17.6 Å². The number of aromatic nitrogens is 4. The lowest BCUT2D eigenvalue weighted by Gasteiger charge is -2.28. The summed E-state index contributed by atoms with van der Waals surface area (Å²) in [7, 11) is 0. The van der Waals surface area contributed by atoms with Crippen LogP contribution >= 0.6 is 0 Å². The molecule has 0 N–H and O–H groups in total. The van der Waals surface area contributed by atoms with Crippen molar-refractivity contribution in [3.8, 4) is 0 Å². The molecule has 0 amide bonds. The zero-order chi connectivity index (χ0) is 12.2. The zero-order valence-electron chi connectivity index (χ0n) is 10.7. The van der Waals surface area contributed by atoms with Crippen LogP contribution in [-0.4, -0.2) is 31.7 Å². The first kappa shape index (κ1) is 10.5. The molecule has 2 aromatic rings. The molecule has 0 aliphatic carbocycles. The molecule has 0 fully saturated rings. The van der Waals surface area contributed by atoms with Gasteiger partial charge in [0.2, 0.25) is 0 Å². The van der Waals surface area contributed by atoms with E-state index in [1.165, 1.54) is 11.4 Å². The van der Waals surface area contributed by atoms with E-state index in [-0.39, 0.29) is 0 Å². The van der Waals surface area contributed by atoms with Gasteiger partial charge in [0.25, 0.3) is 5.78 Å². The van der Waals surface area contributed by atoms with Crippen molar-refractivity contribution in [1.82, 2.24) is 19.6 Å². The normalized spacial score (nSPS) is 19.4. The Morgan fingerprint density at radius 3 is 2.88 bits per heavy atom. The maximum atomic E-state index is 4.50. The quantitative estimate of drug-likeness (QED) is 0.747. The van der Waals surface area contributed by atoms with E-state index in [1.807, 2.05) is 4.52 Å². The second kappa shape index (κ2) is 3.42. The molecule has 0 bridgehead atoms. The third-order valence-corrected chi connectivity index (χ3v) is 3.48. The van der Waals surface area contributed by atoms with E-state index in [0.717, 1.165) is 12.1 Å². The highest BCUT2D eigenvalue weighted by Gasteiger charge is 2.32. The highest BCUT2D eigenvalue weighted by molar-refractivity contribution is 5.60. The second-order valence-corrected chi connectivity index (χ2v) is 5.03. The highest BCUT2D eigenvalue weighted by atomic mass is 15.4. The number of hydrogen-bond donors (Lipinski definition) is 0. The summed E-state index contributed by atoms with van der Waals surface area (Å²) >= 11 is 0. The maximum absolute atomic E-state index is 4.50. The van der Waals surface area contributed by atoms with Crippen molar-refractivity contribution in [2.45, 2.75) is 46.2 Å². The van der Waals surface area contributed by atoms with Gasteiger partial charge in [-0.25, -0.2) is 4.98 Å². The van der Waals surface area contributed by atoms with E-state index in [1.54, 1.807) is 6.33 Å². The van der Waals surface area contributed by atoms with Crippen LogP contribution in [0.15, 0.2) is 6.33 Å². The zero-order valence-corrected chi connectivity index (χ0v) is 10.7. The van der Waals surface area contributed by atoms with Crippen LogP contribution in [-0.2, 0) is 6.42 Å². The molecule has 5 heteroatoms. The minimum absolute atomic E-state index is 0.459. The Bertz CT molecular complexity index is 572. The van der Waals surface area contributed by atoms with Crippen molar-refractivity contribution in [3.63, 3.8) is 0 Å². The number of aryl methyl sites for hydroxylation is 1. The van der Waals surface area contributed by atoms with Gasteiger partial charge in [-0.3, -0.25) is 0 Å². The molecule has 0 saturated heterocycles. The Morgan fingerprint density at radius 1 is 1.41 bits per heavy atom. The number of fused-ring (bicyclic) bond motifs is 3. The molecule has 5 nitrogen and oxygen atoms in total. The molecular weight excluding hydrogens is 214 g/mol. The van der Waals surface area contributed by atoms with E-state index in [9.17, 15) is 0 Å². The Morgan fingerprint density at radius 2 is 2.18 bits per heavy atom. The molecular formula is C12H17N5. The number of anilines is 1. The molecule has 90 valence electrons. The summed E-state index contributed by atoms with van der Waals surface area (Å²) in [6.07, 6.45) is 2.62. The van der Waals surface area contributed by atoms with Crippen molar-refractivity contribution < 1.29 is 0 Å². The van der Waals surface area contributed by atoms with E-state index in [4.69, 9.17) is 0 Å². The van der Waals surface area contributed by atoms with Gasteiger partial charge in [-0.1, -0.05) is 0 Å². The fraction of sp³-hybridized carbons (Fsp3) is 0.583. The molecule has 0 aromatic carbocycles. The first-order valence-corrected chi connectivity index (χ1v) is 6.07. The van der Waals surface area contributed by atoms with Crippen LogP contribution in [0.3, 0.4) is 0 Å². The molecule has 1 atom stereocenters. The SMILES string of the molecule is Cc1nc2ncnn2c2c1CC(C)N2C(C)C. The molecule has 1 aliphatic heterocycles. The molecule has 0 radical (unpaired) electrons.